The van der Waals surface area contributed by atoms with Crippen LogP contribution in [0.25, 0.3) is 0 Å². The third-order valence-corrected chi connectivity index (χ3v) is 3.23. The van der Waals surface area contributed by atoms with Crippen LogP contribution in [-0.4, -0.2) is 10.2 Å². The minimum atomic E-state index is 0.260. The van der Waals surface area contributed by atoms with Crippen molar-refractivity contribution in [3.8, 4) is 0 Å². The third-order valence-electron chi connectivity index (χ3n) is 2.67. The first-order valence-corrected chi connectivity index (χ1v) is 5.66. The summed E-state index contributed by atoms with van der Waals surface area (Å²) in [5.41, 5.74) is 0.678. The summed E-state index contributed by atoms with van der Waals surface area (Å²) in [5, 5.41) is 1.87. The summed E-state index contributed by atoms with van der Waals surface area (Å²) in [7, 11) is 0. The maximum Gasteiger partial charge on any atom is 0.185 e. The van der Waals surface area contributed by atoms with E-state index < -0.39 is 0 Å². The van der Waals surface area contributed by atoms with E-state index in [4.69, 9.17) is 0 Å². The van der Waals surface area contributed by atoms with Crippen molar-refractivity contribution in [2.45, 2.75) is 32.1 Å². The van der Waals surface area contributed by atoms with E-state index in [0.29, 0.717) is 5.69 Å². The van der Waals surface area contributed by atoms with Gasteiger partial charge in [0.2, 0.25) is 0 Å². The lowest BCUT2D eigenvalue weighted by Gasteiger charge is -2.18. The van der Waals surface area contributed by atoms with Crippen LogP contribution in [0, 0.1) is 5.92 Å². The monoisotopic (exact) mass is 195 g/mol. The molecule has 0 aromatic carbocycles. The number of carbonyl (C=O) groups excluding carboxylic acids is 1. The van der Waals surface area contributed by atoms with Crippen molar-refractivity contribution in [2.24, 2.45) is 5.92 Å². The standard InChI is InChI=1S/C10H13NOS/c12-10(9-6-7-13-11-9)8-4-2-1-3-5-8/h6-8H,1-5H2. The summed E-state index contributed by atoms with van der Waals surface area (Å²) in [6, 6.07) is 1.83. The SMILES string of the molecule is O=C(c1ccsn1)C1CCCCC1. The van der Waals surface area contributed by atoms with E-state index in [1.54, 1.807) is 0 Å². The van der Waals surface area contributed by atoms with Crippen LogP contribution in [0.1, 0.15) is 42.6 Å². The topological polar surface area (TPSA) is 30.0 Å². The Hall–Kier alpha value is -0.700. The minimum absolute atomic E-state index is 0.260. The Bertz CT molecular complexity index is 275. The Labute approximate surface area is 82.1 Å². The summed E-state index contributed by atoms with van der Waals surface area (Å²) in [4.78, 5) is 11.8. The van der Waals surface area contributed by atoms with E-state index in [1.807, 2.05) is 11.4 Å². The molecule has 0 radical (unpaired) electrons. The molecule has 2 nitrogen and oxygen atoms in total. The Morgan fingerprint density at radius 2 is 2.15 bits per heavy atom. The molecule has 1 fully saturated rings. The summed E-state index contributed by atoms with van der Waals surface area (Å²) in [5.74, 6) is 0.525. The molecule has 0 N–H and O–H groups in total. The molecule has 13 heavy (non-hydrogen) atoms. The molecule has 1 aliphatic rings. The molecule has 2 rings (SSSR count). The molecule has 1 aliphatic carbocycles. The molecule has 0 spiro atoms. The quantitative estimate of drug-likeness (QED) is 0.679. The van der Waals surface area contributed by atoms with Gasteiger partial charge in [0.05, 0.1) is 0 Å². The Kier molecular flexibility index (Phi) is 2.74. The van der Waals surface area contributed by atoms with Crippen LogP contribution in [0.2, 0.25) is 0 Å². The fourth-order valence-corrected chi connectivity index (χ4v) is 2.43. The zero-order valence-corrected chi connectivity index (χ0v) is 8.35. The third kappa shape index (κ3) is 1.97. The fraction of sp³-hybridized carbons (Fsp3) is 0.600. The molecular formula is C10H13NOS. The average molecular weight is 195 g/mol. The second kappa shape index (κ2) is 4.01. The first kappa shape index (κ1) is 8.88. The van der Waals surface area contributed by atoms with Gasteiger partial charge in [-0.1, -0.05) is 19.3 Å². The van der Waals surface area contributed by atoms with Gasteiger partial charge in [-0.05, 0) is 30.4 Å². The maximum absolute atomic E-state index is 11.8. The lowest BCUT2D eigenvalue weighted by molar-refractivity contribution is 0.0885. The molecule has 0 bridgehead atoms. The Balaban J connectivity index is 2.04. The highest BCUT2D eigenvalue weighted by Crippen LogP contribution is 2.26. The van der Waals surface area contributed by atoms with Crippen molar-refractivity contribution in [2.75, 3.05) is 0 Å². The average Bonchev–Trinajstić information content (AvgIpc) is 2.71. The van der Waals surface area contributed by atoms with Gasteiger partial charge in [0.1, 0.15) is 5.69 Å². The number of rotatable bonds is 2. The lowest BCUT2D eigenvalue weighted by Crippen LogP contribution is -2.17. The fourth-order valence-electron chi connectivity index (χ4n) is 1.91. The second-order valence-electron chi connectivity index (χ2n) is 3.58. The smallest absolute Gasteiger partial charge is 0.185 e. The molecule has 0 aliphatic heterocycles. The summed E-state index contributed by atoms with van der Waals surface area (Å²) in [6.07, 6.45) is 5.84. The summed E-state index contributed by atoms with van der Waals surface area (Å²) < 4.78 is 4.08. The minimum Gasteiger partial charge on any atom is -0.292 e. The van der Waals surface area contributed by atoms with Crippen LogP contribution in [-0.2, 0) is 0 Å². The number of ketones is 1. The molecule has 0 amide bonds. The molecule has 1 aromatic rings. The van der Waals surface area contributed by atoms with Gasteiger partial charge in [-0.3, -0.25) is 4.79 Å². The van der Waals surface area contributed by atoms with Crippen LogP contribution in [0.5, 0.6) is 0 Å². The Morgan fingerprint density at radius 3 is 2.77 bits per heavy atom. The van der Waals surface area contributed by atoms with E-state index in [2.05, 4.69) is 4.37 Å². The molecule has 0 saturated heterocycles. The van der Waals surface area contributed by atoms with Crippen molar-refractivity contribution < 1.29 is 4.79 Å². The molecule has 1 aromatic heterocycles. The van der Waals surface area contributed by atoms with Crippen molar-refractivity contribution >= 4 is 17.3 Å². The van der Waals surface area contributed by atoms with Gasteiger partial charge in [0.15, 0.2) is 5.78 Å². The number of Topliss-reactive ketones (excluding diaryl/α,β-unsaturated/α-hetero) is 1. The maximum atomic E-state index is 11.8. The van der Waals surface area contributed by atoms with E-state index in [0.717, 1.165) is 12.8 Å². The van der Waals surface area contributed by atoms with E-state index in [9.17, 15) is 4.79 Å². The van der Waals surface area contributed by atoms with E-state index >= 15 is 0 Å². The molecule has 3 heteroatoms. The highest BCUT2D eigenvalue weighted by molar-refractivity contribution is 7.03. The molecule has 70 valence electrons. The number of nitrogens with zero attached hydrogens (tertiary/aromatic N) is 1. The number of hydrogen-bond acceptors (Lipinski definition) is 3. The van der Waals surface area contributed by atoms with Crippen LogP contribution >= 0.6 is 11.5 Å². The lowest BCUT2D eigenvalue weighted by atomic mass is 9.85. The number of carbonyl (C=O) groups is 1. The van der Waals surface area contributed by atoms with Crippen molar-refractivity contribution in [3.05, 3.63) is 17.1 Å². The van der Waals surface area contributed by atoms with Crippen LogP contribution in [0.3, 0.4) is 0 Å². The van der Waals surface area contributed by atoms with Gasteiger partial charge in [-0.25, -0.2) is 0 Å². The molecule has 1 heterocycles. The predicted octanol–water partition coefficient (Wildman–Crippen LogP) is 2.91. The van der Waals surface area contributed by atoms with Gasteiger partial charge in [0.25, 0.3) is 0 Å². The van der Waals surface area contributed by atoms with Crippen molar-refractivity contribution in [1.82, 2.24) is 4.37 Å². The predicted molar refractivity (Wildman–Crippen MR) is 53.0 cm³/mol. The number of aromatic nitrogens is 1. The van der Waals surface area contributed by atoms with Crippen LogP contribution < -0.4 is 0 Å². The second-order valence-corrected chi connectivity index (χ2v) is 4.25. The van der Waals surface area contributed by atoms with E-state index in [-0.39, 0.29) is 11.7 Å². The van der Waals surface area contributed by atoms with Crippen molar-refractivity contribution in [3.63, 3.8) is 0 Å². The molecule has 0 atom stereocenters. The molecule has 0 unspecified atom stereocenters. The zero-order valence-electron chi connectivity index (χ0n) is 7.53. The summed E-state index contributed by atoms with van der Waals surface area (Å²) >= 11 is 1.36. The van der Waals surface area contributed by atoms with Gasteiger partial charge in [0, 0.05) is 11.3 Å². The largest absolute Gasteiger partial charge is 0.292 e. The van der Waals surface area contributed by atoms with Crippen LogP contribution in [0.4, 0.5) is 0 Å². The van der Waals surface area contributed by atoms with Crippen molar-refractivity contribution in [1.29, 1.82) is 0 Å². The first-order valence-electron chi connectivity index (χ1n) is 4.82. The van der Waals surface area contributed by atoms with E-state index in [1.165, 1.54) is 30.8 Å². The van der Waals surface area contributed by atoms with Gasteiger partial charge < -0.3 is 0 Å². The Morgan fingerprint density at radius 1 is 1.38 bits per heavy atom. The normalized spacial score (nSPS) is 18.8. The first-order chi connectivity index (χ1) is 6.38. The summed E-state index contributed by atoms with van der Waals surface area (Å²) in [6.45, 7) is 0. The van der Waals surface area contributed by atoms with Gasteiger partial charge >= 0.3 is 0 Å². The highest BCUT2D eigenvalue weighted by Gasteiger charge is 2.23. The zero-order chi connectivity index (χ0) is 9.10. The van der Waals surface area contributed by atoms with Gasteiger partial charge in [-0.15, -0.1) is 0 Å². The molecular weight excluding hydrogens is 182 g/mol. The number of hydrogen-bond donors (Lipinski definition) is 0. The molecule has 1 saturated carbocycles. The highest BCUT2D eigenvalue weighted by atomic mass is 32.1. The van der Waals surface area contributed by atoms with Crippen LogP contribution in [0.15, 0.2) is 11.4 Å². The van der Waals surface area contributed by atoms with Gasteiger partial charge in [-0.2, -0.15) is 4.37 Å².